The summed E-state index contributed by atoms with van der Waals surface area (Å²) in [6.07, 6.45) is 2.13. The van der Waals surface area contributed by atoms with Gasteiger partial charge in [0.1, 0.15) is 0 Å². The van der Waals surface area contributed by atoms with E-state index in [9.17, 15) is 0 Å². The number of nitrogens with zero attached hydrogens (tertiary/aromatic N) is 1. The molecule has 0 bridgehead atoms. The molecule has 1 aliphatic rings. The molecular weight excluding hydrogens is 292 g/mol. The van der Waals surface area contributed by atoms with E-state index in [2.05, 4.69) is 48.2 Å². The van der Waals surface area contributed by atoms with Crippen molar-refractivity contribution in [2.45, 2.75) is 31.8 Å². The maximum absolute atomic E-state index is 6.08. The molecule has 0 aromatic heterocycles. The van der Waals surface area contributed by atoms with E-state index >= 15 is 0 Å². The van der Waals surface area contributed by atoms with Gasteiger partial charge in [-0.15, -0.1) is 0 Å². The van der Waals surface area contributed by atoms with Gasteiger partial charge in [-0.3, -0.25) is 4.90 Å². The smallest absolute Gasteiger partial charge is 0.0604 e. The Labute approximate surface area is 137 Å². The average Bonchev–Trinajstić information content (AvgIpc) is 2.53. The molecule has 1 aliphatic heterocycles. The third-order valence-electron chi connectivity index (χ3n) is 4.61. The molecule has 0 aliphatic carbocycles. The van der Waals surface area contributed by atoms with Crippen molar-refractivity contribution in [3.63, 3.8) is 0 Å². The van der Waals surface area contributed by atoms with Crippen LogP contribution in [0.5, 0.6) is 0 Å². The number of hydrogen-bond donors (Lipinski definition) is 1. The van der Waals surface area contributed by atoms with Gasteiger partial charge in [-0.2, -0.15) is 0 Å². The van der Waals surface area contributed by atoms with Crippen LogP contribution in [0.1, 0.15) is 35.6 Å². The van der Waals surface area contributed by atoms with Crippen molar-refractivity contribution in [2.24, 2.45) is 5.73 Å². The van der Waals surface area contributed by atoms with E-state index in [-0.39, 0.29) is 6.04 Å². The van der Waals surface area contributed by atoms with Crippen LogP contribution in [0.15, 0.2) is 48.5 Å². The summed E-state index contributed by atoms with van der Waals surface area (Å²) in [7, 11) is 0. The Bertz CT molecular complexity index is 616. The van der Waals surface area contributed by atoms with Gasteiger partial charge in [0.15, 0.2) is 0 Å². The van der Waals surface area contributed by atoms with E-state index in [1.165, 1.54) is 16.7 Å². The molecule has 2 aromatic rings. The maximum Gasteiger partial charge on any atom is 0.0604 e. The second-order valence-electron chi connectivity index (χ2n) is 6.18. The molecule has 1 fully saturated rings. The molecule has 2 aromatic carbocycles. The number of benzene rings is 2. The highest BCUT2D eigenvalue weighted by Crippen LogP contribution is 2.33. The topological polar surface area (TPSA) is 29.3 Å². The van der Waals surface area contributed by atoms with Crippen molar-refractivity contribution in [1.82, 2.24) is 4.90 Å². The zero-order chi connectivity index (χ0) is 15.5. The van der Waals surface area contributed by atoms with E-state index in [1.54, 1.807) is 0 Å². The molecule has 1 atom stereocenters. The number of piperidine rings is 1. The standard InChI is InChI=1S/C19H23ClN2/c1-14-4-2-3-5-18(14)19(15-6-8-16(20)9-7-15)22-12-10-17(21)11-13-22/h2-9,17,19H,10-13,21H2,1H3. The van der Waals surface area contributed by atoms with Crippen LogP contribution in [0.3, 0.4) is 0 Å². The van der Waals surface area contributed by atoms with Crippen LogP contribution in [0.4, 0.5) is 0 Å². The van der Waals surface area contributed by atoms with E-state index < -0.39 is 0 Å². The van der Waals surface area contributed by atoms with Gasteiger partial charge in [-0.1, -0.05) is 48.0 Å². The molecule has 3 rings (SSSR count). The summed E-state index contributed by atoms with van der Waals surface area (Å²) in [6.45, 7) is 4.28. The lowest BCUT2D eigenvalue weighted by molar-refractivity contribution is 0.174. The summed E-state index contributed by atoms with van der Waals surface area (Å²) in [5, 5.41) is 0.785. The number of likely N-dealkylation sites (tertiary alicyclic amines) is 1. The van der Waals surface area contributed by atoms with Crippen molar-refractivity contribution >= 4 is 11.6 Å². The first-order valence-electron chi connectivity index (χ1n) is 7.96. The second-order valence-corrected chi connectivity index (χ2v) is 6.62. The van der Waals surface area contributed by atoms with Gasteiger partial charge in [-0.05, 0) is 48.6 Å². The third-order valence-corrected chi connectivity index (χ3v) is 4.86. The van der Waals surface area contributed by atoms with Gasteiger partial charge in [-0.25, -0.2) is 0 Å². The minimum absolute atomic E-state index is 0.283. The number of halogens is 1. The largest absolute Gasteiger partial charge is 0.328 e. The Hall–Kier alpha value is -1.35. The number of aryl methyl sites for hydroxylation is 1. The first kappa shape index (κ1) is 15.5. The van der Waals surface area contributed by atoms with Crippen molar-refractivity contribution in [2.75, 3.05) is 13.1 Å². The van der Waals surface area contributed by atoms with Crippen molar-refractivity contribution in [1.29, 1.82) is 0 Å². The first-order chi connectivity index (χ1) is 10.6. The molecule has 1 heterocycles. The van der Waals surface area contributed by atoms with Crippen LogP contribution in [0.25, 0.3) is 0 Å². The zero-order valence-electron chi connectivity index (χ0n) is 13.0. The lowest BCUT2D eigenvalue weighted by Crippen LogP contribution is -2.42. The summed E-state index contributed by atoms with van der Waals surface area (Å²) < 4.78 is 0. The van der Waals surface area contributed by atoms with Crippen molar-refractivity contribution < 1.29 is 0 Å². The van der Waals surface area contributed by atoms with Gasteiger partial charge in [0.2, 0.25) is 0 Å². The summed E-state index contributed by atoms with van der Waals surface area (Å²) >= 11 is 6.07. The van der Waals surface area contributed by atoms with Crippen LogP contribution >= 0.6 is 11.6 Å². The highest BCUT2D eigenvalue weighted by atomic mass is 35.5. The molecular formula is C19H23ClN2. The van der Waals surface area contributed by atoms with E-state index in [0.717, 1.165) is 31.0 Å². The highest BCUT2D eigenvalue weighted by molar-refractivity contribution is 6.30. The second kappa shape index (κ2) is 6.82. The van der Waals surface area contributed by atoms with Gasteiger partial charge in [0.25, 0.3) is 0 Å². The van der Waals surface area contributed by atoms with Crippen molar-refractivity contribution in [3.8, 4) is 0 Å². The number of hydrogen-bond acceptors (Lipinski definition) is 2. The van der Waals surface area contributed by atoms with Gasteiger partial charge >= 0.3 is 0 Å². The Kier molecular flexibility index (Phi) is 4.82. The van der Waals surface area contributed by atoms with Crippen LogP contribution < -0.4 is 5.73 Å². The van der Waals surface area contributed by atoms with Crippen LogP contribution in [0.2, 0.25) is 5.02 Å². The minimum atomic E-state index is 0.283. The summed E-state index contributed by atoms with van der Waals surface area (Å²) in [4.78, 5) is 2.55. The molecule has 1 saturated heterocycles. The van der Waals surface area contributed by atoms with Crippen LogP contribution in [0, 0.1) is 6.92 Å². The van der Waals surface area contributed by atoms with Gasteiger partial charge in [0.05, 0.1) is 6.04 Å². The fourth-order valence-electron chi connectivity index (χ4n) is 3.30. The van der Waals surface area contributed by atoms with Crippen molar-refractivity contribution in [3.05, 3.63) is 70.2 Å². The predicted molar refractivity (Wildman–Crippen MR) is 93.3 cm³/mol. The van der Waals surface area contributed by atoms with Gasteiger partial charge < -0.3 is 5.73 Å². The highest BCUT2D eigenvalue weighted by Gasteiger charge is 2.26. The molecule has 116 valence electrons. The molecule has 3 heteroatoms. The molecule has 22 heavy (non-hydrogen) atoms. The molecule has 0 spiro atoms. The Morgan fingerprint density at radius 3 is 2.32 bits per heavy atom. The first-order valence-corrected chi connectivity index (χ1v) is 8.33. The van der Waals surface area contributed by atoms with Crippen LogP contribution in [-0.2, 0) is 0 Å². The van der Waals surface area contributed by atoms with E-state index in [1.807, 2.05) is 12.1 Å². The van der Waals surface area contributed by atoms with E-state index in [0.29, 0.717) is 6.04 Å². The lowest BCUT2D eigenvalue weighted by Gasteiger charge is -2.37. The molecule has 0 amide bonds. The molecule has 1 unspecified atom stereocenters. The maximum atomic E-state index is 6.08. The summed E-state index contributed by atoms with van der Waals surface area (Å²) in [5.74, 6) is 0. The minimum Gasteiger partial charge on any atom is -0.328 e. The molecule has 0 saturated carbocycles. The fraction of sp³-hybridized carbons (Fsp3) is 0.368. The summed E-state index contributed by atoms with van der Waals surface area (Å²) in [5.41, 5.74) is 10.1. The molecule has 2 nitrogen and oxygen atoms in total. The average molecular weight is 315 g/mol. The quantitative estimate of drug-likeness (QED) is 0.921. The van der Waals surface area contributed by atoms with Crippen LogP contribution in [-0.4, -0.2) is 24.0 Å². The summed E-state index contributed by atoms with van der Waals surface area (Å²) in [6, 6.07) is 17.5. The monoisotopic (exact) mass is 314 g/mol. The van der Waals surface area contributed by atoms with Gasteiger partial charge in [0, 0.05) is 24.2 Å². The number of nitrogens with two attached hydrogens (primary N) is 1. The Balaban J connectivity index is 1.98. The Morgan fingerprint density at radius 1 is 1.05 bits per heavy atom. The zero-order valence-corrected chi connectivity index (χ0v) is 13.8. The molecule has 0 radical (unpaired) electrons. The SMILES string of the molecule is Cc1ccccc1C(c1ccc(Cl)cc1)N1CCC(N)CC1. The lowest BCUT2D eigenvalue weighted by atomic mass is 9.91. The fourth-order valence-corrected chi connectivity index (χ4v) is 3.43. The predicted octanol–water partition coefficient (Wildman–Crippen LogP) is 4.16. The Morgan fingerprint density at radius 2 is 1.68 bits per heavy atom. The van der Waals surface area contributed by atoms with E-state index in [4.69, 9.17) is 17.3 Å². The normalized spacial score (nSPS) is 18.3. The third kappa shape index (κ3) is 3.35. The molecule has 2 N–H and O–H groups in total. The number of rotatable bonds is 3.